The second-order valence-corrected chi connectivity index (χ2v) is 4.14. The van der Waals surface area contributed by atoms with Gasteiger partial charge < -0.3 is 10.1 Å². The SMILES string of the molecule is CCC(COC)NCCc1cnn(C)c1C. The van der Waals surface area contributed by atoms with Gasteiger partial charge in [-0.25, -0.2) is 0 Å². The maximum Gasteiger partial charge on any atom is 0.0615 e. The molecule has 0 aliphatic rings. The van der Waals surface area contributed by atoms with Crippen LogP contribution < -0.4 is 5.32 Å². The predicted octanol–water partition coefficient (Wildman–Crippen LogP) is 1.29. The van der Waals surface area contributed by atoms with E-state index in [4.69, 9.17) is 4.74 Å². The van der Waals surface area contributed by atoms with E-state index in [-0.39, 0.29) is 0 Å². The number of aryl methyl sites for hydroxylation is 1. The lowest BCUT2D eigenvalue weighted by Gasteiger charge is -2.15. The molecule has 0 fully saturated rings. The summed E-state index contributed by atoms with van der Waals surface area (Å²) in [5.74, 6) is 0. The van der Waals surface area contributed by atoms with Crippen molar-refractivity contribution in [1.82, 2.24) is 15.1 Å². The molecule has 1 aromatic rings. The monoisotopic (exact) mass is 225 g/mol. The minimum absolute atomic E-state index is 0.460. The normalized spacial score (nSPS) is 13.0. The van der Waals surface area contributed by atoms with Crippen LogP contribution in [-0.4, -0.2) is 36.1 Å². The number of nitrogens with zero attached hydrogens (tertiary/aromatic N) is 2. The third-order valence-electron chi connectivity index (χ3n) is 3.02. The zero-order valence-electron chi connectivity index (χ0n) is 10.8. The number of hydrogen-bond donors (Lipinski definition) is 1. The van der Waals surface area contributed by atoms with Crippen LogP contribution in [0.1, 0.15) is 24.6 Å². The van der Waals surface area contributed by atoms with Crippen molar-refractivity contribution < 1.29 is 4.74 Å². The van der Waals surface area contributed by atoms with Gasteiger partial charge in [-0.05, 0) is 31.9 Å². The molecule has 16 heavy (non-hydrogen) atoms. The second-order valence-electron chi connectivity index (χ2n) is 4.14. The molecule has 1 atom stereocenters. The van der Waals surface area contributed by atoms with Crippen molar-refractivity contribution in [2.24, 2.45) is 7.05 Å². The molecule has 92 valence electrons. The second kappa shape index (κ2) is 6.66. The fourth-order valence-electron chi connectivity index (χ4n) is 1.72. The molecule has 1 rings (SSSR count). The summed E-state index contributed by atoms with van der Waals surface area (Å²) >= 11 is 0. The summed E-state index contributed by atoms with van der Waals surface area (Å²) in [6.45, 7) is 6.04. The van der Waals surface area contributed by atoms with Gasteiger partial charge in [-0.1, -0.05) is 6.92 Å². The van der Waals surface area contributed by atoms with Gasteiger partial charge >= 0.3 is 0 Å². The Bertz CT molecular complexity index is 309. The molecule has 4 heteroatoms. The zero-order chi connectivity index (χ0) is 12.0. The predicted molar refractivity (Wildman–Crippen MR) is 65.6 cm³/mol. The third kappa shape index (κ3) is 3.61. The molecular formula is C12H23N3O. The highest BCUT2D eigenvalue weighted by molar-refractivity contribution is 5.16. The van der Waals surface area contributed by atoms with Gasteiger partial charge in [0.05, 0.1) is 12.8 Å². The van der Waals surface area contributed by atoms with Crippen LogP contribution in [0.15, 0.2) is 6.20 Å². The van der Waals surface area contributed by atoms with Gasteiger partial charge in [0.1, 0.15) is 0 Å². The largest absolute Gasteiger partial charge is 0.383 e. The van der Waals surface area contributed by atoms with Gasteiger partial charge in [0, 0.05) is 25.9 Å². The first-order chi connectivity index (χ1) is 7.69. The minimum Gasteiger partial charge on any atom is -0.383 e. The van der Waals surface area contributed by atoms with Crippen LogP contribution in [0.3, 0.4) is 0 Å². The fourth-order valence-corrected chi connectivity index (χ4v) is 1.72. The van der Waals surface area contributed by atoms with Gasteiger partial charge in [-0.2, -0.15) is 5.10 Å². The number of nitrogens with one attached hydrogen (secondary N) is 1. The van der Waals surface area contributed by atoms with E-state index in [1.165, 1.54) is 11.3 Å². The lowest BCUT2D eigenvalue weighted by atomic mass is 10.1. The van der Waals surface area contributed by atoms with Crippen molar-refractivity contribution in [2.75, 3.05) is 20.3 Å². The molecule has 0 bridgehead atoms. The van der Waals surface area contributed by atoms with Gasteiger partial charge in [-0.3, -0.25) is 4.68 Å². The number of ether oxygens (including phenoxy) is 1. The average Bonchev–Trinajstić information content (AvgIpc) is 2.59. The van der Waals surface area contributed by atoms with E-state index >= 15 is 0 Å². The molecule has 4 nitrogen and oxygen atoms in total. The van der Waals surface area contributed by atoms with E-state index < -0.39 is 0 Å². The summed E-state index contributed by atoms with van der Waals surface area (Å²) in [5, 5.41) is 7.73. The Kier molecular flexibility index (Phi) is 5.49. The summed E-state index contributed by atoms with van der Waals surface area (Å²) in [5.41, 5.74) is 2.57. The summed E-state index contributed by atoms with van der Waals surface area (Å²) in [6, 6.07) is 0.460. The summed E-state index contributed by atoms with van der Waals surface area (Å²) in [6.07, 6.45) is 4.08. The van der Waals surface area contributed by atoms with Crippen molar-refractivity contribution in [3.8, 4) is 0 Å². The molecule has 1 N–H and O–H groups in total. The van der Waals surface area contributed by atoms with Crippen LogP contribution >= 0.6 is 0 Å². The zero-order valence-corrected chi connectivity index (χ0v) is 10.8. The van der Waals surface area contributed by atoms with Gasteiger partial charge in [-0.15, -0.1) is 0 Å². The van der Waals surface area contributed by atoms with E-state index in [0.717, 1.165) is 26.0 Å². The lowest BCUT2D eigenvalue weighted by Crippen LogP contribution is -2.34. The Balaban J connectivity index is 2.32. The van der Waals surface area contributed by atoms with Crippen molar-refractivity contribution >= 4 is 0 Å². The molecule has 0 aliphatic heterocycles. The van der Waals surface area contributed by atoms with Crippen LogP contribution in [0, 0.1) is 6.92 Å². The Hall–Kier alpha value is -0.870. The first-order valence-electron chi connectivity index (χ1n) is 5.88. The number of hydrogen-bond acceptors (Lipinski definition) is 3. The summed E-state index contributed by atoms with van der Waals surface area (Å²) in [4.78, 5) is 0. The molecule has 0 aromatic carbocycles. The summed E-state index contributed by atoms with van der Waals surface area (Å²) < 4.78 is 7.06. The van der Waals surface area contributed by atoms with E-state index in [1.54, 1.807) is 7.11 Å². The molecule has 0 aliphatic carbocycles. The van der Waals surface area contributed by atoms with Crippen molar-refractivity contribution in [1.29, 1.82) is 0 Å². The molecule has 0 saturated heterocycles. The van der Waals surface area contributed by atoms with Crippen LogP contribution in [0.2, 0.25) is 0 Å². The topological polar surface area (TPSA) is 39.1 Å². The third-order valence-corrected chi connectivity index (χ3v) is 3.02. The first kappa shape index (κ1) is 13.2. The van der Waals surface area contributed by atoms with Crippen molar-refractivity contribution in [2.45, 2.75) is 32.7 Å². The van der Waals surface area contributed by atoms with Gasteiger partial charge in [0.25, 0.3) is 0 Å². The number of rotatable bonds is 7. The van der Waals surface area contributed by atoms with Gasteiger partial charge in [0.15, 0.2) is 0 Å². The first-order valence-corrected chi connectivity index (χ1v) is 5.88. The van der Waals surface area contributed by atoms with Crippen molar-refractivity contribution in [3.05, 3.63) is 17.5 Å². The van der Waals surface area contributed by atoms with Crippen molar-refractivity contribution in [3.63, 3.8) is 0 Å². The highest BCUT2D eigenvalue weighted by Gasteiger charge is 2.06. The summed E-state index contributed by atoms with van der Waals surface area (Å²) in [7, 11) is 3.72. The number of aromatic nitrogens is 2. The fraction of sp³-hybridized carbons (Fsp3) is 0.750. The lowest BCUT2D eigenvalue weighted by molar-refractivity contribution is 0.165. The molecule has 0 saturated carbocycles. The maximum atomic E-state index is 5.15. The van der Waals surface area contributed by atoms with E-state index in [9.17, 15) is 0 Å². The quantitative estimate of drug-likeness (QED) is 0.760. The average molecular weight is 225 g/mol. The molecular weight excluding hydrogens is 202 g/mol. The highest BCUT2D eigenvalue weighted by Crippen LogP contribution is 2.05. The van der Waals surface area contributed by atoms with Crippen LogP contribution in [0.4, 0.5) is 0 Å². The van der Waals surface area contributed by atoms with Crippen LogP contribution in [-0.2, 0) is 18.2 Å². The standard InChI is InChI=1S/C12H23N3O/c1-5-12(9-16-4)13-7-6-11-8-14-15(3)10(11)2/h8,12-13H,5-7,9H2,1-4H3. The van der Waals surface area contributed by atoms with E-state index in [1.807, 2.05) is 17.9 Å². The minimum atomic E-state index is 0.460. The molecule has 1 heterocycles. The van der Waals surface area contributed by atoms with E-state index in [0.29, 0.717) is 6.04 Å². The molecule has 0 amide bonds. The molecule has 1 unspecified atom stereocenters. The van der Waals surface area contributed by atoms with Crippen LogP contribution in [0.25, 0.3) is 0 Å². The Morgan fingerprint density at radius 1 is 1.56 bits per heavy atom. The molecule has 0 spiro atoms. The Labute approximate surface area is 98.0 Å². The Morgan fingerprint density at radius 3 is 2.81 bits per heavy atom. The highest BCUT2D eigenvalue weighted by atomic mass is 16.5. The smallest absolute Gasteiger partial charge is 0.0615 e. The van der Waals surface area contributed by atoms with Gasteiger partial charge in [0.2, 0.25) is 0 Å². The van der Waals surface area contributed by atoms with E-state index in [2.05, 4.69) is 24.3 Å². The number of methoxy groups -OCH3 is 1. The molecule has 1 aromatic heterocycles. The van der Waals surface area contributed by atoms with Crippen LogP contribution in [0.5, 0.6) is 0 Å². The maximum absolute atomic E-state index is 5.15. The molecule has 0 radical (unpaired) electrons. The Morgan fingerprint density at radius 2 is 2.31 bits per heavy atom.